The molecule has 1 aliphatic heterocycles. The lowest BCUT2D eigenvalue weighted by molar-refractivity contribution is -0.164. The fourth-order valence-corrected chi connectivity index (χ4v) is 7.28. The minimum Gasteiger partial charge on any atom is -0.481 e. The summed E-state index contributed by atoms with van der Waals surface area (Å²) in [6.45, 7) is 22.8. The molecule has 0 aromatic rings. The molecule has 1 N–H and O–H groups in total. The van der Waals surface area contributed by atoms with Crippen molar-refractivity contribution in [3.8, 4) is 0 Å². The second kappa shape index (κ2) is 18.3. The molecule has 0 amide bonds. The molecule has 2 aliphatic rings. The van der Waals surface area contributed by atoms with Crippen molar-refractivity contribution in [2.75, 3.05) is 52.4 Å². The molecule has 0 bridgehead atoms. The van der Waals surface area contributed by atoms with Gasteiger partial charge in [0.15, 0.2) is 0 Å². The van der Waals surface area contributed by atoms with Gasteiger partial charge in [-0.2, -0.15) is 0 Å². The molecule has 1 atom stereocenters. The Morgan fingerprint density at radius 2 is 1.24 bits per heavy atom. The summed E-state index contributed by atoms with van der Waals surface area (Å²) in [5.41, 5.74) is -3.60. The fourth-order valence-electron chi connectivity index (χ4n) is 7.28. The SMILES string of the molecule is CC(C)(C)OC(=O)CN1CCN(CC(=O)OC(C)(C)C)C[C@](C2CCC(CC(=O)O)CC2)(N(CCC(C)(C)OC=O)CC(=O)OC(C)(C)C)CC1. The minimum absolute atomic E-state index is 0.00762. The van der Waals surface area contributed by atoms with E-state index in [-0.39, 0.29) is 49.8 Å². The number of carbonyl (C=O) groups excluding carboxylic acids is 4. The van der Waals surface area contributed by atoms with Crippen LogP contribution in [-0.2, 0) is 42.9 Å². The summed E-state index contributed by atoms with van der Waals surface area (Å²) in [6, 6.07) is 0. The van der Waals surface area contributed by atoms with E-state index in [4.69, 9.17) is 18.9 Å². The fraction of sp³-hybridized carbons (Fsp3) is 0.868. The first kappa shape index (κ1) is 44.4. The zero-order valence-corrected chi connectivity index (χ0v) is 33.3. The van der Waals surface area contributed by atoms with Gasteiger partial charge in [0, 0.05) is 44.7 Å². The van der Waals surface area contributed by atoms with Crippen LogP contribution in [0.2, 0.25) is 0 Å². The molecular weight excluding hydrogens is 658 g/mol. The van der Waals surface area contributed by atoms with Crippen LogP contribution in [0.3, 0.4) is 0 Å². The van der Waals surface area contributed by atoms with E-state index in [0.717, 1.165) is 12.8 Å². The molecule has 1 saturated carbocycles. The average molecular weight is 726 g/mol. The summed E-state index contributed by atoms with van der Waals surface area (Å²) >= 11 is 0. The topological polar surface area (TPSA) is 152 Å². The average Bonchev–Trinajstić information content (AvgIpc) is 2.91. The van der Waals surface area contributed by atoms with Crippen molar-refractivity contribution in [3.63, 3.8) is 0 Å². The Morgan fingerprint density at radius 1 is 0.745 bits per heavy atom. The highest BCUT2D eigenvalue weighted by Gasteiger charge is 2.48. The van der Waals surface area contributed by atoms with Gasteiger partial charge in [0.1, 0.15) is 22.4 Å². The van der Waals surface area contributed by atoms with E-state index in [1.165, 1.54) is 0 Å². The molecule has 0 aromatic heterocycles. The van der Waals surface area contributed by atoms with E-state index in [1.807, 2.05) is 81.1 Å². The molecule has 0 aromatic carbocycles. The first-order valence-electron chi connectivity index (χ1n) is 18.5. The Kier molecular flexibility index (Phi) is 15.9. The van der Waals surface area contributed by atoms with Crippen molar-refractivity contribution in [2.45, 2.75) is 149 Å². The minimum atomic E-state index is -0.825. The molecule has 51 heavy (non-hydrogen) atoms. The number of carboxylic acid groups (broad SMARTS) is 1. The summed E-state index contributed by atoms with van der Waals surface area (Å²) < 4.78 is 22.7. The Balaban J connectivity index is 2.69. The van der Waals surface area contributed by atoms with Crippen molar-refractivity contribution < 1.29 is 48.0 Å². The van der Waals surface area contributed by atoms with Crippen LogP contribution in [0, 0.1) is 11.8 Å². The first-order valence-corrected chi connectivity index (χ1v) is 18.5. The molecule has 0 unspecified atom stereocenters. The van der Waals surface area contributed by atoms with Crippen LogP contribution in [0.25, 0.3) is 0 Å². The largest absolute Gasteiger partial charge is 0.481 e. The third kappa shape index (κ3) is 16.6. The highest BCUT2D eigenvalue weighted by atomic mass is 16.6. The first-order chi connectivity index (χ1) is 23.3. The van der Waals surface area contributed by atoms with Crippen LogP contribution in [0.5, 0.6) is 0 Å². The Labute approximate surface area is 306 Å². The molecule has 1 saturated heterocycles. The third-order valence-electron chi connectivity index (χ3n) is 9.43. The lowest BCUT2D eigenvalue weighted by Gasteiger charge is -2.54. The maximum Gasteiger partial charge on any atom is 0.320 e. The second-order valence-corrected chi connectivity index (χ2v) is 18.1. The van der Waals surface area contributed by atoms with Crippen molar-refractivity contribution >= 4 is 30.3 Å². The number of esters is 3. The summed E-state index contributed by atoms with van der Waals surface area (Å²) in [5.74, 6) is -1.88. The molecule has 294 valence electrons. The number of hydrogen-bond acceptors (Lipinski definition) is 12. The van der Waals surface area contributed by atoms with Crippen molar-refractivity contribution in [1.82, 2.24) is 14.7 Å². The van der Waals surface area contributed by atoms with Gasteiger partial charge in [-0.05, 0) is 127 Å². The predicted octanol–water partition coefficient (Wildman–Crippen LogP) is 4.68. The van der Waals surface area contributed by atoms with Gasteiger partial charge in [-0.25, -0.2) is 0 Å². The standard InChI is InChI=1S/C38H67N3O10/c1-34(2,3)49-31(45)23-39-18-17-38(29-14-12-28(13-15-29)22-30(43)44,26-40(21-20-39)24-32(46)50-35(4,5)6)41(19-16-37(10,11)48-27-42)25-33(47)51-36(7,8)9/h27-29H,12-26H2,1-11H3,(H,43,44)/t28?,29?,38-/m1/s1. The molecule has 13 heteroatoms. The zero-order valence-electron chi connectivity index (χ0n) is 33.3. The number of hydrogen-bond donors (Lipinski definition) is 1. The summed E-state index contributed by atoms with van der Waals surface area (Å²) in [4.78, 5) is 69.5. The maximum atomic E-state index is 13.7. The number of ether oxygens (including phenoxy) is 4. The Bertz CT molecular complexity index is 1180. The Morgan fingerprint density at radius 3 is 1.73 bits per heavy atom. The normalized spacial score (nSPS) is 23.1. The van der Waals surface area contributed by atoms with Crippen LogP contribution >= 0.6 is 0 Å². The van der Waals surface area contributed by atoms with Gasteiger partial charge in [-0.3, -0.25) is 38.7 Å². The number of aliphatic carboxylic acids is 1. The monoisotopic (exact) mass is 725 g/mol. The molecular formula is C38H67N3O10. The van der Waals surface area contributed by atoms with E-state index in [0.29, 0.717) is 64.9 Å². The quantitative estimate of drug-likeness (QED) is 0.141. The van der Waals surface area contributed by atoms with Crippen LogP contribution in [0.4, 0.5) is 0 Å². The summed E-state index contributed by atoms with van der Waals surface area (Å²) in [5, 5.41) is 9.55. The predicted molar refractivity (Wildman–Crippen MR) is 193 cm³/mol. The molecule has 2 rings (SSSR count). The number of nitrogens with zero attached hydrogens (tertiary/aromatic N) is 3. The smallest absolute Gasteiger partial charge is 0.320 e. The molecule has 13 nitrogen and oxygen atoms in total. The molecule has 0 radical (unpaired) electrons. The van der Waals surface area contributed by atoms with E-state index in [1.54, 1.807) is 0 Å². The second-order valence-electron chi connectivity index (χ2n) is 18.1. The molecule has 2 fully saturated rings. The number of rotatable bonds is 15. The Hall–Kier alpha value is -2.77. The van der Waals surface area contributed by atoms with Crippen molar-refractivity contribution in [1.29, 1.82) is 0 Å². The van der Waals surface area contributed by atoms with Crippen LogP contribution in [0.15, 0.2) is 0 Å². The van der Waals surface area contributed by atoms with E-state index < -0.39 is 39.9 Å². The van der Waals surface area contributed by atoms with Crippen LogP contribution in [0.1, 0.15) is 121 Å². The molecule has 0 spiro atoms. The summed E-state index contributed by atoms with van der Waals surface area (Å²) in [6.07, 6.45) is 3.95. The van der Waals surface area contributed by atoms with Gasteiger partial charge in [-0.15, -0.1) is 0 Å². The molecule has 1 heterocycles. The van der Waals surface area contributed by atoms with Crippen LogP contribution in [-0.4, -0.2) is 130 Å². The maximum absolute atomic E-state index is 13.7. The highest BCUT2D eigenvalue weighted by Crippen LogP contribution is 2.43. The highest BCUT2D eigenvalue weighted by molar-refractivity contribution is 5.73. The third-order valence-corrected chi connectivity index (χ3v) is 9.43. The van der Waals surface area contributed by atoms with Gasteiger partial charge in [0.2, 0.25) is 0 Å². The lowest BCUT2D eigenvalue weighted by atomic mass is 9.68. The number of carboxylic acids is 1. The zero-order chi connectivity index (χ0) is 38.8. The van der Waals surface area contributed by atoms with Gasteiger partial charge < -0.3 is 24.1 Å². The number of carbonyl (C=O) groups is 5. The van der Waals surface area contributed by atoms with E-state index >= 15 is 0 Å². The van der Waals surface area contributed by atoms with Crippen molar-refractivity contribution in [3.05, 3.63) is 0 Å². The lowest BCUT2D eigenvalue weighted by Crippen LogP contribution is -2.65. The summed E-state index contributed by atoms with van der Waals surface area (Å²) in [7, 11) is 0. The van der Waals surface area contributed by atoms with Gasteiger partial charge in [0.05, 0.1) is 19.6 Å². The van der Waals surface area contributed by atoms with Gasteiger partial charge >= 0.3 is 23.9 Å². The van der Waals surface area contributed by atoms with Gasteiger partial charge in [0.25, 0.3) is 6.47 Å². The van der Waals surface area contributed by atoms with Crippen LogP contribution < -0.4 is 0 Å². The van der Waals surface area contributed by atoms with E-state index in [2.05, 4.69) is 9.80 Å². The van der Waals surface area contributed by atoms with E-state index in [9.17, 15) is 29.1 Å². The van der Waals surface area contributed by atoms with Crippen molar-refractivity contribution in [2.24, 2.45) is 11.8 Å². The van der Waals surface area contributed by atoms with Gasteiger partial charge in [-0.1, -0.05) is 0 Å². The molecule has 1 aliphatic carbocycles.